The molecule has 3 heterocycles. The van der Waals surface area contributed by atoms with Crippen LogP contribution in [0.25, 0.3) is 11.0 Å². The average molecular weight is 271 g/mol. The van der Waals surface area contributed by atoms with Gasteiger partial charge in [-0.2, -0.15) is 0 Å². The molecule has 1 unspecified atom stereocenters. The molecule has 0 bridgehead atoms. The first-order chi connectivity index (χ1) is 9.83. The zero-order valence-corrected chi connectivity index (χ0v) is 11.5. The molecule has 2 aliphatic heterocycles. The molecule has 20 heavy (non-hydrogen) atoms. The number of aliphatic imine (C=N–C) groups is 1. The second-order valence-corrected chi connectivity index (χ2v) is 5.54. The molecule has 104 valence electrons. The van der Waals surface area contributed by atoms with Crippen LogP contribution in [0.5, 0.6) is 5.75 Å². The molecule has 5 heteroatoms. The van der Waals surface area contributed by atoms with Crippen LogP contribution in [0.3, 0.4) is 0 Å². The highest BCUT2D eigenvalue weighted by atomic mass is 16.5. The summed E-state index contributed by atoms with van der Waals surface area (Å²) in [6.07, 6.45) is 5.28. The highest BCUT2D eigenvalue weighted by Crippen LogP contribution is 2.38. The van der Waals surface area contributed by atoms with Crippen LogP contribution in [0.15, 0.2) is 21.6 Å². The van der Waals surface area contributed by atoms with Gasteiger partial charge in [-0.15, -0.1) is 0 Å². The third kappa shape index (κ3) is 1.81. The summed E-state index contributed by atoms with van der Waals surface area (Å²) in [7, 11) is 2.20. The van der Waals surface area contributed by atoms with Crippen molar-refractivity contribution in [2.24, 2.45) is 4.99 Å². The predicted octanol–water partition coefficient (Wildman–Crippen LogP) is 2.56. The summed E-state index contributed by atoms with van der Waals surface area (Å²) in [5, 5.41) is 4.92. The van der Waals surface area contributed by atoms with Gasteiger partial charge in [-0.3, -0.25) is 0 Å². The number of aromatic nitrogens is 1. The number of hydrogen-bond donors (Lipinski definition) is 0. The molecule has 1 atom stereocenters. The second kappa shape index (κ2) is 4.59. The zero-order chi connectivity index (χ0) is 13.5. The van der Waals surface area contributed by atoms with Gasteiger partial charge >= 0.3 is 0 Å². The number of hydrogen-bond acceptors (Lipinski definition) is 5. The summed E-state index contributed by atoms with van der Waals surface area (Å²) in [5.74, 6) is 1.53. The summed E-state index contributed by atoms with van der Waals surface area (Å²) >= 11 is 0. The Balaban J connectivity index is 1.78. The van der Waals surface area contributed by atoms with Gasteiger partial charge in [-0.25, -0.2) is 4.99 Å². The van der Waals surface area contributed by atoms with Crippen molar-refractivity contribution in [3.05, 3.63) is 17.7 Å². The van der Waals surface area contributed by atoms with E-state index in [-0.39, 0.29) is 0 Å². The second-order valence-electron chi connectivity index (χ2n) is 5.54. The third-order valence-corrected chi connectivity index (χ3v) is 4.30. The molecule has 2 aromatic rings. The van der Waals surface area contributed by atoms with Gasteiger partial charge in [-0.1, -0.05) is 11.2 Å². The van der Waals surface area contributed by atoms with E-state index in [0.717, 1.165) is 23.1 Å². The largest absolute Gasteiger partial charge is 0.487 e. The fourth-order valence-electron chi connectivity index (χ4n) is 3.18. The molecule has 2 aliphatic rings. The maximum Gasteiger partial charge on any atom is 0.206 e. The number of rotatable bonds is 2. The Bertz CT molecular complexity index is 677. The fraction of sp³-hybridized carbons (Fsp3) is 0.467. The molecule has 0 amide bonds. The van der Waals surface area contributed by atoms with Crippen molar-refractivity contribution < 1.29 is 9.26 Å². The van der Waals surface area contributed by atoms with Gasteiger partial charge in [0.25, 0.3) is 0 Å². The first-order valence-electron chi connectivity index (χ1n) is 7.10. The van der Waals surface area contributed by atoms with E-state index >= 15 is 0 Å². The lowest BCUT2D eigenvalue weighted by Gasteiger charge is -2.20. The Hall–Kier alpha value is -1.88. The Morgan fingerprint density at radius 2 is 2.35 bits per heavy atom. The molecular weight excluding hydrogens is 254 g/mol. The lowest BCUT2D eigenvalue weighted by atomic mass is 10.0. The van der Waals surface area contributed by atoms with E-state index in [0.29, 0.717) is 18.5 Å². The lowest BCUT2D eigenvalue weighted by molar-refractivity contribution is 0.304. The summed E-state index contributed by atoms with van der Waals surface area (Å²) in [6.45, 7) is 1.67. The van der Waals surface area contributed by atoms with Gasteiger partial charge < -0.3 is 14.2 Å². The van der Waals surface area contributed by atoms with Gasteiger partial charge in [0.05, 0.1) is 0 Å². The van der Waals surface area contributed by atoms with E-state index in [1.807, 2.05) is 6.07 Å². The van der Waals surface area contributed by atoms with Crippen LogP contribution >= 0.6 is 0 Å². The van der Waals surface area contributed by atoms with E-state index in [1.54, 1.807) is 6.21 Å². The Morgan fingerprint density at radius 3 is 3.20 bits per heavy atom. The van der Waals surface area contributed by atoms with Crippen molar-refractivity contribution >= 4 is 23.0 Å². The summed E-state index contributed by atoms with van der Waals surface area (Å²) in [5.41, 5.74) is 1.98. The summed E-state index contributed by atoms with van der Waals surface area (Å²) in [6, 6.07) is 4.67. The number of nitrogens with zero attached hydrogens (tertiary/aromatic N) is 3. The van der Waals surface area contributed by atoms with E-state index in [4.69, 9.17) is 9.26 Å². The smallest absolute Gasteiger partial charge is 0.206 e. The van der Waals surface area contributed by atoms with Crippen molar-refractivity contribution in [1.29, 1.82) is 0 Å². The molecule has 1 fully saturated rings. The number of likely N-dealkylation sites (N-methyl/N-ethyl adjacent to an activating group) is 1. The third-order valence-electron chi connectivity index (χ3n) is 4.30. The molecule has 1 aromatic heterocycles. The maximum absolute atomic E-state index is 5.89. The van der Waals surface area contributed by atoms with Crippen LogP contribution in [-0.4, -0.2) is 42.5 Å². The topological polar surface area (TPSA) is 50.9 Å². The monoisotopic (exact) mass is 271 g/mol. The van der Waals surface area contributed by atoms with Gasteiger partial charge in [0.2, 0.25) is 5.82 Å². The van der Waals surface area contributed by atoms with Crippen LogP contribution < -0.4 is 4.74 Å². The van der Waals surface area contributed by atoms with Gasteiger partial charge in [0, 0.05) is 12.3 Å². The average Bonchev–Trinajstić information content (AvgIpc) is 2.97. The van der Waals surface area contributed by atoms with Crippen molar-refractivity contribution in [2.75, 3.05) is 20.2 Å². The highest BCUT2D eigenvalue weighted by Gasteiger charge is 2.25. The fourth-order valence-corrected chi connectivity index (χ4v) is 3.18. The first-order valence-corrected chi connectivity index (χ1v) is 7.10. The van der Waals surface area contributed by atoms with Crippen LogP contribution in [-0.2, 0) is 6.42 Å². The van der Waals surface area contributed by atoms with Gasteiger partial charge in [-0.05, 0) is 44.5 Å². The molecule has 0 N–H and O–H groups in total. The van der Waals surface area contributed by atoms with Gasteiger partial charge in [0.15, 0.2) is 5.58 Å². The van der Waals surface area contributed by atoms with Crippen molar-refractivity contribution in [3.8, 4) is 5.75 Å². The molecular formula is C15H17N3O2. The van der Waals surface area contributed by atoms with Crippen LogP contribution in [0.4, 0.5) is 5.82 Å². The minimum atomic E-state index is 0.489. The summed E-state index contributed by atoms with van der Waals surface area (Å²) in [4.78, 5) is 6.72. The zero-order valence-electron chi connectivity index (χ0n) is 11.5. The number of ether oxygens (including phenoxy) is 1. The summed E-state index contributed by atoms with van der Waals surface area (Å²) < 4.78 is 11.2. The molecule has 1 aromatic carbocycles. The number of benzene rings is 1. The van der Waals surface area contributed by atoms with E-state index in [2.05, 4.69) is 28.2 Å². The highest BCUT2D eigenvalue weighted by molar-refractivity contribution is 5.95. The first kappa shape index (κ1) is 11.9. The molecule has 1 saturated heterocycles. The van der Waals surface area contributed by atoms with E-state index in [9.17, 15) is 0 Å². The van der Waals surface area contributed by atoms with Crippen LogP contribution in [0, 0.1) is 0 Å². The lowest BCUT2D eigenvalue weighted by Crippen LogP contribution is -2.27. The minimum absolute atomic E-state index is 0.489. The predicted molar refractivity (Wildman–Crippen MR) is 77.0 cm³/mol. The number of likely N-dealkylation sites (tertiary alicyclic amines) is 1. The Labute approximate surface area is 117 Å². The Morgan fingerprint density at radius 1 is 1.40 bits per heavy atom. The molecule has 0 spiro atoms. The molecule has 0 radical (unpaired) electrons. The van der Waals surface area contributed by atoms with E-state index < -0.39 is 0 Å². The van der Waals surface area contributed by atoms with Crippen molar-refractivity contribution in [2.45, 2.75) is 25.3 Å². The SMILES string of the molecule is CN1CCCC1Cc1ccc2onc3c2c1OCC=N3. The normalized spacial score (nSPS) is 22.1. The maximum atomic E-state index is 5.89. The molecule has 0 saturated carbocycles. The standard InChI is InChI=1S/C15H17N3O2/c1-18-7-2-3-11(18)9-10-4-5-12-13-14(10)19-8-6-16-15(13)17-20-12/h4-6,11H,2-3,7-9H2,1H3. The molecule has 4 rings (SSSR count). The molecule has 0 aliphatic carbocycles. The van der Waals surface area contributed by atoms with E-state index in [1.165, 1.54) is 24.9 Å². The van der Waals surface area contributed by atoms with Crippen LogP contribution in [0.1, 0.15) is 18.4 Å². The van der Waals surface area contributed by atoms with Crippen molar-refractivity contribution in [3.63, 3.8) is 0 Å². The van der Waals surface area contributed by atoms with Gasteiger partial charge in [0.1, 0.15) is 17.7 Å². The minimum Gasteiger partial charge on any atom is -0.487 e. The molecule has 5 nitrogen and oxygen atoms in total. The Kier molecular flexibility index (Phi) is 2.73. The van der Waals surface area contributed by atoms with Crippen LogP contribution in [0.2, 0.25) is 0 Å². The van der Waals surface area contributed by atoms with Crippen molar-refractivity contribution in [1.82, 2.24) is 10.1 Å². The quantitative estimate of drug-likeness (QED) is 0.842.